The molecule has 0 radical (unpaired) electrons. The van der Waals surface area contributed by atoms with E-state index >= 15 is 0 Å². The smallest absolute Gasteiger partial charge is 0.317 e. The van der Waals surface area contributed by atoms with E-state index in [1.807, 2.05) is 0 Å². The molecule has 2 N–H and O–H groups in total. The van der Waals surface area contributed by atoms with Crippen LogP contribution in [-0.2, 0) is 4.79 Å². The number of aliphatic carboxylic acids is 1. The lowest BCUT2D eigenvalue weighted by atomic mass is 10.1. The molecule has 0 heterocycles. The first-order chi connectivity index (χ1) is 7.02. The van der Waals surface area contributed by atoms with Crippen LogP contribution in [0.25, 0.3) is 0 Å². The Kier molecular flexibility index (Phi) is 3.74. The highest BCUT2D eigenvalue weighted by molar-refractivity contribution is 5.69. The molecule has 1 unspecified atom stereocenters. The Morgan fingerprint density at radius 2 is 2.00 bits per heavy atom. The van der Waals surface area contributed by atoms with Gasteiger partial charge in [0.2, 0.25) is 0 Å². The molecule has 1 rings (SSSR count). The molecular formula is C10H11F2NO2. The van der Waals surface area contributed by atoms with Gasteiger partial charge >= 0.3 is 5.97 Å². The summed E-state index contributed by atoms with van der Waals surface area (Å²) in [6.45, 7) is 1.17. The molecule has 0 saturated carbocycles. The molecule has 0 aliphatic rings. The summed E-state index contributed by atoms with van der Waals surface area (Å²) in [5.74, 6) is -2.43. The molecule has 0 spiro atoms. The highest BCUT2D eigenvalue weighted by Gasteiger charge is 2.15. The van der Waals surface area contributed by atoms with Gasteiger partial charge in [0.1, 0.15) is 11.6 Å². The van der Waals surface area contributed by atoms with Gasteiger partial charge in [-0.25, -0.2) is 8.78 Å². The number of hydrogen-bond donors (Lipinski definition) is 2. The topological polar surface area (TPSA) is 49.3 Å². The van der Waals surface area contributed by atoms with Crippen LogP contribution in [0.2, 0.25) is 0 Å². The second kappa shape index (κ2) is 4.84. The summed E-state index contributed by atoms with van der Waals surface area (Å²) in [6, 6.07) is 2.86. The summed E-state index contributed by atoms with van der Waals surface area (Å²) in [5, 5.41) is 10.9. The van der Waals surface area contributed by atoms with Crippen molar-refractivity contribution in [1.82, 2.24) is 5.32 Å². The fraction of sp³-hybridized carbons (Fsp3) is 0.300. The summed E-state index contributed by atoms with van der Waals surface area (Å²) in [7, 11) is 0. The Morgan fingerprint density at radius 3 is 2.47 bits per heavy atom. The predicted octanol–water partition coefficient (Wildman–Crippen LogP) is 1.70. The highest BCUT2D eigenvalue weighted by Crippen LogP contribution is 2.19. The van der Waals surface area contributed by atoms with Crippen molar-refractivity contribution in [3.8, 4) is 0 Å². The van der Waals surface area contributed by atoms with Crippen molar-refractivity contribution < 1.29 is 18.7 Å². The summed E-state index contributed by atoms with van der Waals surface area (Å²) < 4.78 is 26.4. The van der Waals surface area contributed by atoms with Crippen LogP contribution < -0.4 is 5.32 Å². The second-order valence-corrected chi connectivity index (χ2v) is 3.13. The van der Waals surface area contributed by atoms with Crippen LogP contribution in [0.5, 0.6) is 0 Å². The first-order valence-corrected chi connectivity index (χ1v) is 4.41. The van der Waals surface area contributed by atoms with Crippen molar-refractivity contribution in [2.75, 3.05) is 6.54 Å². The molecule has 0 aliphatic heterocycles. The number of benzene rings is 1. The van der Waals surface area contributed by atoms with Crippen LogP contribution in [-0.4, -0.2) is 17.6 Å². The Morgan fingerprint density at radius 1 is 1.47 bits per heavy atom. The lowest BCUT2D eigenvalue weighted by Crippen LogP contribution is -2.26. The number of carbonyl (C=O) groups is 1. The van der Waals surface area contributed by atoms with Gasteiger partial charge in [0.15, 0.2) is 0 Å². The predicted molar refractivity (Wildman–Crippen MR) is 50.4 cm³/mol. The molecule has 82 valence electrons. The molecule has 0 fully saturated rings. The number of rotatable bonds is 4. The fourth-order valence-electron chi connectivity index (χ4n) is 1.27. The molecule has 1 aromatic carbocycles. The van der Waals surface area contributed by atoms with E-state index < -0.39 is 23.6 Å². The van der Waals surface area contributed by atoms with Crippen molar-refractivity contribution >= 4 is 5.97 Å². The van der Waals surface area contributed by atoms with E-state index in [1.54, 1.807) is 0 Å². The van der Waals surface area contributed by atoms with Gasteiger partial charge in [0.05, 0.1) is 6.54 Å². The Balaban J connectivity index is 2.81. The van der Waals surface area contributed by atoms with Crippen LogP contribution in [0, 0.1) is 11.6 Å². The third kappa shape index (κ3) is 2.99. The van der Waals surface area contributed by atoms with Crippen molar-refractivity contribution in [3.05, 3.63) is 35.4 Å². The number of nitrogens with one attached hydrogen (secondary N) is 1. The number of halogens is 2. The maximum absolute atomic E-state index is 13.2. The zero-order valence-corrected chi connectivity index (χ0v) is 8.13. The van der Waals surface area contributed by atoms with E-state index in [1.165, 1.54) is 13.0 Å². The zero-order valence-electron chi connectivity index (χ0n) is 8.13. The van der Waals surface area contributed by atoms with Gasteiger partial charge in [-0.15, -0.1) is 0 Å². The first kappa shape index (κ1) is 11.6. The van der Waals surface area contributed by atoms with Gasteiger partial charge in [-0.2, -0.15) is 0 Å². The van der Waals surface area contributed by atoms with Crippen LogP contribution in [0.4, 0.5) is 8.78 Å². The van der Waals surface area contributed by atoms with Crippen LogP contribution >= 0.6 is 0 Å². The molecule has 1 aromatic rings. The average Bonchev–Trinajstić information content (AvgIpc) is 2.14. The van der Waals surface area contributed by atoms with Crippen molar-refractivity contribution in [2.45, 2.75) is 13.0 Å². The highest BCUT2D eigenvalue weighted by atomic mass is 19.1. The number of carboxylic acids is 1. The van der Waals surface area contributed by atoms with Crippen molar-refractivity contribution in [3.63, 3.8) is 0 Å². The minimum Gasteiger partial charge on any atom is -0.480 e. The maximum Gasteiger partial charge on any atom is 0.317 e. The molecule has 1 atom stereocenters. The minimum absolute atomic E-state index is 0.140. The van der Waals surface area contributed by atoms with Crippen LogP contribution in [0.15, 0.2) is 18.2 Å². The number of hydrogen-bond acceptors (Lipinski definition) is 2. The van der Waals surface area contributed by atoms with E-state index in [0.29, 0.717) is 0 Å². The molecule has 15 heavy (non-hydrogen) atoms. The zero-order chi connectivity index (χ0) is 11.4. The third-order valence-electron chi connectivity index (χ3n) is 1.99. The molecule has 0 amide bonds. The fourth-order valence-corrected chi connectivity index (χ4v) is 1.27. The van der Waals surface area contributed by atoms with Gasteiger partial charge in [0, 0.05) is 11.6 Å². The third-order valence-corrected chi connectivity index (χ3v) is 1.99. The largest absolute Gasteiger partial charge is 0.480 e. The number of carboxylic acid groups (broad SMARTS) is 1. The van der Waals surface area contributed by atoms with E-state index in [-0.39, 0.29) is 12.1 Å². The molecule has 5 heteroatoms. The van der Waals surface area contributed by atoms with Crippen LogP contribution in [0.3, 0.4) is 0 Å². The second-order valence-electron chi connectivity index (χ2n) is 3.13. The van der Waals surface area contributed by atoms with Crippen molar-refractivity contribution in [1.29, 1.82) is 0 Å². The molecule has 0 aliphatic carbocycles. The SMILES string of the molecule is CC(NCC(=O)O)c1c(F)cccc1F. The van der Waals surface area contributed by atoms with Crippen LogP contribution in [0.1, 0.15) is 18.5 Å². The summed E-state index contributed by atoms with van der Waals surface area (Å²) in [4.78, 5) is 10.3. The molecule has 3 nitrogen and oxygen atoms in total. The van der Waals surface area contributed by atoms with Gasteiger partial charge in [-0.3, -0.25) is 4.79 Å². The standard InChI is InChI=1S/C10H11F2NO2/c1-6(13-5-9(14)15)10-7(11)3-2-4-8(10)12/h2-4,6,13H,5H2,1H3,(H,14,15). The first-order valence-electron chi connectivity index (χ1n) is 4.41. The average molecular weight is 215 g/mol. The molecule has 0 bridgehead atoms. The lowest BCUT2D eigenvalue weighted by Gasteiger charge is -2.14. The van der Waals surface area contributed by atoms with E-state index in [2.05, 4.69) is 5.32 Å². The van der Waals surface area contributed by atoms with Gasteiger partial charge in [0.25, 0.3) is 0 Å². The summed E-state index contributed by atoms with van der Waals surface area (Å²) in [5.41, 5.74) is -0.140. The van der Waals surface area contributed by atoms with Crippen molar-refractivity contribution in [2.24, 2.45) is 0 Å². The summed E-state index contributed by atoms with van der Waals surface area (Å²) >= 11 is 0. The van der Waals surface area contributed by atoms with Gasteiger partial charge in [-0.1, -0.05) is 6.07 Å². The van der Waals surface area contributed by atoms with E-state index in [4.69, 9.17) is 5.11 Å². The Labute approximate surface area is 85.7 Å². The molecule has 0 saturated heterocycles. The Bertz CT molecular complexity index is 348. The Hall–Kier alpha value is -1.49. The van der Waals surface area contributed by atoms with E-state index in [9.17, 15) is 13.6 Å². The quantitative estimate of drug-likeness (QED) is 0.803. The summed E-state index contributed by atoms with van der Waals surface area (Å²) in [6.07, 6.45) is 0. The van der Waals surface area contributed by atoms with E-state index in [0.717, 1.165) is 12.1 Å². The van der Waals surface area contributed by atoms with Gasteiger partial charge < -0.3 is 10.4 Å². The monoisotopic (exact) mass is 215 g/mol. The minimum atomic E-state index is -1.07. The molecular weight excluding hydrogens is 204 g/mol. The molecule has 0 aromatic heterocycles. The normalized spacial score (nSPS) is 12.5. The van der Waals surface area contributed by atoms with Gasteiger partial charge in [-0.05, 0) is 19.1 Å². The lowest BCUT2D eigenvalue weighted by molar-refractivity contribution is -0.136. The maximum atomic E-state index is 13.2.